The Hall–Kier alpha value is -1.26. The normalized spacial score (nSPS) is 19.9. The van der Waals surface area contributed by atoms with E-state index in [4.69, 9.17) is 10.9 Å². The van der Waals surface area contributed by atoms with Crippen LogP contribution in [0.3, 0.4) is 0 Å². The van der Waals surface area contributed by atoms with Gasteiger partial charge in [0.15, 0.2) is 5.84 Å². The number of nitrogens with two attached hydrogens (primary N) is 1. The number of amides is 1. The number of piperidine rings is 1. The number of hydrogen-bond donors (Lipinski definition) is 2. The second-order valence-corrected chi connectivity index (χ2v) is 5.04. The van der Waals surface area contributed by atoms with E-state index in [9.17, 15) is 4.79 Å². The van der Waals surface area contributed by atoms with Gasteiger partial charge < -0.3 is 15.8 Å². The lowest BCUT2D eigenvalue weighted by Gasteiger charge is -2.33. The summed E-state index contributed by atoms with van der Waals surface area (Å²) in [4.78, 5) is 14.2. The molecule has 0 bridgehead atoms. The lowest BCUT2D eigenvalue weighted by atomic mass is 9.92. The van der Waals surface area contributed by atoms with Crippen molar-refractivity contribution in [2.75, 3.05) is 13.1 Å². The third kappa shape index (κ3) is 3.62. The van der Waals surface area contributed by atoms with Crippen LogP contribution >= 0.6 is 0 Å². The van der Waals surface area contributed by atoms with Gasteiger partial charge in [-0.2, -0.15) is 0 Å². The summed E-state index contributed by atoms with van der Waals surface area (Å²) in [5, 5.41) is 11.8. The Bertz CT molecular complexity index is 297. The number of amidine groups is 1. The van der Waals surface area contributed by atoms with Crippen molar-refractivity contribution in [2.24, 2.45) is 22.7 Å². The Labute approximate surface area is 109 Å². The lowest BCUT2D eigenvalue weighted by Crippen LogP contribution is -2.45. The first-order valence-electron chi connectivity index (χ1n) is 6.90. The van der Waals surface area contributed by atoms with Crippen LogP contribution < -0.4 is 5.73 Å². The largest absolute Gasteiger partial charge is 0.409 e. The van der Waals surface area contributed by atoms with Crippen LogP contribution in [-0.2, 0) is 4.79 Å². The fraction of sp³-hybridized carbons (Fsp3) is 0.846. The molecule has 1 heterocycles. The van der Waals surface area contributed by atoms with Crippen molar-refractivity contribution in [2.45, 2.75) is 46.0 Å². The van der Waals surface area contributed by atoms with Crippen molar-refractivity contribution in [1.82, 2.24) is 4.90 Å². The quantitative estimate of drug-likeness (QED) is 0.340. The summed E-state index contributed by atoms with van der Waals surface area (Å²) in [6.07, 6.45) is 4.80. The van der Waals surface area contributed by atoms with Gasteiger partial charge in [-0.05, 0) is 25.2 Å². The van der Waals surface area contributed by atoms with Crippen LogP contribution in [0.1, 0.15) is 46.0 Å². The second kappa shape index (κ2) is 7.24. The summed E-state index contributed by atoms with van der Waals surface area (Å²) in [5.41, 5.74) is 5.62. The zero-order valence-electron chi connectivity index (χ0n) is 11.4. The highest BCUT2D eigenvalue weighted by atomic mass is 16.4. The van der Waals surface area contributed by atoms with E-state index in [1.807, 2.05) is 11.8 Å². The van der Waals surface area contributed by atoms with E-state index in [2.05, 4.69) is 12.1 Å². The number of rotatable bonds is 5. The van der Waals surface area contributed by atoms with E-state index < -0.39 is 5.92 Å². The van der Waals surface area contributed by atoms with E-state index in [-0.39, 0.29) is 11.7 Å². The van der Waals surface area contributed by atoms with Crippen molar-refractivity contribution in [1.29, 1.82) is 0 Å². The van der Waals surface area contributed by atoms with Crippen LogP contribution in [0.2, 0.25) is 0 Å². The van der Waals surface area contributed by atoms with Gasteiger partial charge in [-0.1, -0.05) is 31.8 Å². The SMILES string of the molecule is CCCC(C(=O)N1CCC(CC)CC1)C(N)=NO. The van der Waals surface area contributed by atoms with Gasteiger partial charge in [0.05, 0.1) is 5.92 Å². The van der Waals surface area contributed by atoms with Crippen LogP contribution in [0.4, 0.5) is 0 Å². The van der Waals surface area contributed by atoms with Gasteiger partial charge >= 0.3 is 0 Å². The summed E-state index contributed by atoms with van der Waals surface area (Å²) in [6, 6.07) is 0. The monoisotopic (exact) mass is 255 g/mol. The fourth-order valence-electron chi connectivity index (χ4n) is 2.54. The summed E-state index contributed by atoms with van der Waals surface area (Å²) >= 11 is 0. The molecule has 1 unspecified atom stereocenters. The Kier molecular flexibility index (Phi) is 5.95. The molecule has 0 aromatic rings. The highest BCUT2D eigenvalue weighted by molar-refractivity contribution is 6.02. The van der Waals surface area contributed by atoms with Crippen molar-refractivity contribution in [3.05, 3.63) is 0 Å². The first-order valence-corrected chi connectivity index (χ1v) is 6.90. The summed E-state index contributed by atoms with van der Waals surface area (Å²) in [7, 11) is 0. The Morgan fingerprint density at radius 1 is 1.44 bits per heavy atom. The molecule has 0 aromatic carbocycles. The predicted octanol–water partition coefficient (Wildman–Crippen LogP) is 1.80. The standard InChI is InChI=1S/C13H25N3O2/c1-3-5-11(12(14)15-18)13(17)16-8-6-10(4-2)7-9-16/h10-11,18H,3-9H2,1-2H3,(H2,14,15). The first-order chi connectivity index (χ1) is 8.63. The molecule has 1 fully saturated rings. The topological polar surface area (TPSA) is 78.9 Å². The molecular formula is C13H25N3O2. The molecule has 18 heavy (non-hydrogen) atoms. The molecule has 0 aromatic heterocycles. The minimum Gasteiger partial charge on any atom is -0.409 e. The maximum absolute atomic E-state index is 12.3. The van der Waals surface area contributed by atoms with Crippen molar-refractivity contribution < 1.29 is 10.0 Å². The Balaban J connectivity index is 2.61. The Morgan fingerprint density at radius 2 is 2.06 bits per heavy atom. The van der Waals surface area contributed by atoms with Gasteiger partial charge in [-0.3, -0.25) is 4.79 Å². The second-order valence-electron chi connectivity index (χ2n) is 5.04. The van der Waals surface area contributed by atoms with Gasteiger partial charge in [0, 0.05) is 13.1 Å². The molecule has 3 N–H and O–H groups in total. The van der Waals surface area contributed by atoms with Gasteiger partial charge in [0.1, 0.15) is 0 Å². The molecule has 1 aliphatic rings. The maximum Gasteiger partial charge on any atom is 0.233 e. The van der Waals surface area contributed by atoms with Crippen LogP contribution in [0.5, 0.6) is 0 Å². The summed E-state index contributed by atoms with van der Waals surface area (Å²) in [6.45, 7) is 5.79. The van der Waals surface area contributed by atoms with E-state index >= 15 is 0 Å². The number of hydrogen-bond acceptors (Lipinski definition) is 3. The predicted molar refractivity (Wildman–Crippen MR) is 71.4 cm³/mol. The smallest absolute Gasteiger partial charge is 0.233 e. The highest BCUT2D eigenvalue weighted by Crippen LogP contribution is 2.22. The molecule has 1 rings (SSSR count). The minimum atomic E-state index is -0.460. The van der Waals surface area contributed by atoms with E-state index in [0.29, 0.717) is 6.42 Å². The number of carbonyl (C=O) groups excluding carboxylic acids is 1. The number of carbonyl (C=O) groups is 1. The van der Waals surface area contributed by atoms with Crippen LogP contribution in [0.15, 0.2) is 5.16 Å². The van der Waals surface area contributed by atoms with Crippen molar-refractivity contribution in [3.8, 4) is 0 Å². The molecule has 0 aliphatic carbocycles. The van der Waals surface area contributed by atoms with Crippen molar-refractivity contribution >= 4 is 11.7 Å². The van der Waals surface area contributed by atoms with Crippen molar-refractivity contribution in [3.63, 3.8) is 0 Å². The van der Waals surface area contributed by atoms with E-state index in [1.165, 1.54) is 6.42 Å². The molecule has 1 aliphatic heterocycles. The molecule has 0 radical (unpaired) electrons. The highest BCUT2D eigenvalue weighted by Gasteiger charge is 2.29. The summed E-state index contributed by atoms with van der Waals surface area (Å²) < 4.78 is 0. The molecule has 0 saturated carbocycles. The van der Waals surface area contributed by atoms with Gasteiger partial charge in [0.25, 0.3) is 0 Å². The number of likely N-dealkylation sites (tertiary alicyclic amines) is 1. The van der Waals surface area contributed by atoms with Gasteiger partial charge in [0.2, 0.25) is 5.91 Å². The zero-order chi connectivity index (χ0) is 13.5. The van der Waals surface area contributed by atoms with Gasteiger partial charge in [-0.25, -0.2) is 0 Å². The zero-order valence-corrected chi connectivity index (χ0v) is 11.4. The molecule has 1 atom stereocenters. The Morgan fingerprint density at radius 3 is 2.50 bits per heavy atom. The molecule has 5 nitrogen and oxygen atoms in total. The maximum atomic E-state index is 12.3. The molecular weight excluding hydrogens is 230 g/mol. The van der Waals surface area contributed by atoms with E-state index in [1.54, 1.807) is 0 Å². The molecule has 1 amide bonds. The van der Waals surface area contributed by atoms with Crippen LogP contribution in [-0.4, -0.2) is 34.9 Å². The summed E-state index contributed by atoms with van der Waals surface area (Å²) in [5.74, 6) is 0.335. The third-order valence-electron chi connectivity index (χ3n) is 3.85. The fourth-order valence-corrected chi connectivity index (χ4v) is 2.54. The molecule has 5 heteroatoms. The third-order valence-corrected chi connectivity index (χ3v) is 3.85. The molecule has 1 saturated heterocycles. The molecule has 0 spiro atoms. The average Bonchev–Trinajstić information content (AvgIpc) is 2.43. The first kappa shape index (κ1) is 14.8. The number of nitrogens with zero attached hydrogens (tertiary/aromatic N) is 2. The average molecular weight is 255 g/mol. The minimum absolute atomic E-state index is 0.0155. The van der Waals surface area contributed by atoms with Crippen LogP contribution in [0, 0.1) is 11.8 Å². The van der Waals surface area contributed by atoms with E-state index in [0.717, 1.165) is 38.3 Å². The van der Waals surface area contributed by atoms with Crippen LogP contribution in [0.25, 0.3) is 0 Å². The number of oxime groups is 1. The lowest BCUT2D eigenvalue weighted by molar-refractivity contribution is -0.135. The molecule has 104 valence electrons. The van der Waals surface area contributed by atoms with Gasteiger partial charge in [-0.15, -0.1) is 0 Å².